The molecule has 0 unspecified atom stereocenters. The fraction of sp³-hybridized carbons (Fsp3) is 0.238. The Morgan fingerprint density at radius 3 is 2.90 bits per heavy atom. The number of aryl methyl sites for hydroxylation is 2. The summed E-state index contributed by atoms with van der Waals surface area (Å²) in [5, 5.41) is 22.1. The zero-order valence-electron chi connectivity index (χ0n) is 16.5. The van der Waals surface area contributed by atoms with Crippen LogP contribution in [-0.2, 0) is 12.8 Å². The quantitative estimate of drug-likeness (QED) is 0.259. The van der Waals surface area contributed by atoms with E-state index in [2.05, 4.69) is 21.0 Å². The smallest absolute Gasteiger partial charge is 0.283 e. The van der Waals surface area contributed by atoms with E-state index in [9.17, 15) is 20.2 Å². The van der Waals surface area contributed by atoms with Gasteiger partial charge in [0, 0.05) is 28.9 Å². The number of H-pyrrole nitrogens is 1. The standard InChI is InChI=1S/C21H17N5O3S2/c1-12-8-19(27)25-21(24-12)31-18-7-6-13(9-16(18)26(28)29)11-23-20-15(10-22)14-4-2-3-5-17(14)30-20/h6-9,11H,2-5H2,1H3,(H,24,25,27). The van der Waals surface area contributed by atoms with Crippen LogP contribution in [0.25, 0.3) is 0 Å². The van der Waals surface area contributed by atoms with E-state index in [1.54, 1.807) is 25.3 Å². The number of nitrogens with one attached hydrogen (secondary N) is 1. The van der Waals surface area contributed by atoms with Gasteiger partial charge in [0.15, 0.2) is 5.16 Å². The number of rotatable bonds is 5. The van der Waals surface area contributed by atoms with Gasteiger partial charge in [-0.2, -0.15) is 5.26 Å². The zero-order chi connectivity index (χ0) is 22.0. The van der Waals surface area contributed by atoms with Crippen molar-refractivity contribution in [1.29, 1.82) is 5.26 Å². The summed E-state index contributed by atoms with van der Waals surface area (Å²) in [5.74, 6) is 0. The van der Waals surface area contributed by atoms with E-state index in [0.717, 1.165) is 43.0 Å². The second-order valence-electron chi connectivity index (χ2n) is 7.04. The fourth-order valence-corrected chi connectivity index (χ4v) is 5.55. The number of benzene rings is 1. The molecule has 1 aromatic carbocycles. The first-order chi connectivity index (χ1) is 14.9. The molecule has 2 heterocycles. The minimum Gasteiger partial charge on any atom is -0.301 e. The normalized spacial score (nSPS) is 13.2. The molecule has 0 bridgehead atoms. The van der Waals surface area contributed by atoms with Crippen molar-refractivity contribution in [1.82, 2.24) is 9.97 Å². The summed E-state index contributed by atoms with van der Waals surface area (Å²) in [6, 6.07) is 8.37. The van der Waals surface area contributed by atoms with Crippen LogP contribution in [0.4, 0.5) is 10.7 Å². The van der Waals surface area contributed by atoms with Crippen LogP contribution in [0.5, 0.6) is 0 Å². The molecule has 4 rings (SSSR count). The van der Waals surface area contributed by atoms with Gasteiger partial charge in [0.05, 0.1) is 15.4 Å². The van der Waals surface area contributed by atoms with E-state index < -0.39 is 4.92 Å². The van der Waals surface area contributed by atoms with E-state index in [1.165, 1.54) is 28.3 Å². The molecule has 0 amide bonds. The van der Waals surface area contributed by atoms with Crippen molar-refractivity contribution in [3.05, 3.63) is 72.0 Å². The first-order valence-corrected chi connectivity index (χ1v) is 11.2. The predicted molar refractivity (Wildman–Crippen MR) is 120 cm³/mol. The van der Waals surface area contributed by atoms with Gasteiger partial charge in [-0.1, -0.05) is 6.07 Å². The summed E-state index contributed by atoms with van der Waals surface area (Å²) in [6.45, 7) is 1.69. The highest BCUT2D eigenvalue weighted by Crippen LogP contribution is 2.39. The Balaban J connectivity index is 1.64. The Morgan fingerprint density at radius 1 is 1.35 bits per heavy atom. The number of nitro groups is 1. The number of nitrogens with zero attached hydrogens (tertiary/aromatic N) is 4. The van der Waals surface area contributed by atoms with Crippen molar-refractivity contribution in [2.24, 2.45) is 4.99 Å². The van der Waals surface area contributed by atoms with Gasteiger partial charge in [-0.05, 0) is 61.6 Å². The number of fused-ring (bicyclic) bond motifs is 1. The Kier molecular flexibility index (Phi) is 5.97. The first-order valence-electron chi connectivity index (χ1n) is 9.57. The molecule has 31 heavy (non-hydrogen) atoms. The number of aromatic nitrogens is 2. The summed E-state index contributed by atoms with van der Waals surface area (Å²) in [7, 11) is 0. The maximum absolute atomic E-state index is 11.6. The third-order valence-corrected chi connectivity index (χ3v) is 6.98. The lowest BCUT2D eigenvalue weighted by Crippen LogP contribution is -2.08. The van der Waals surface area contributed by atoms with E-state index >= 15 is 0 Å². The molecule has 2 aromatic heterocycles. The molecule has 8 nitrogen and oxygen atoms in total. The second kappa shape index (κ2) is 8.83. The van der Waals surface area contributed by atoms with Crippen LogP contribution in [-0.4, -0.2) is 21.1 Å². The highest BCUT2D eigenvalue weighted by atomic mass is 32.2. The number of hydrogen-bond donors (Lipinski definition) is 1. The maximum atomic E-state index is 11.6. The Bertz CT molecular complexity index is 1300. The van der Waals surface area contributed by atoms with Crippen LogP contribution in [0, 0.1) is 28.4 Å². The molecule has 1 N–H and O–H groups in total. The first kappa shape index (κ1) is 21.0. The third-order valence-electron chi connectivity index (χ3n) is 4.83. The number of aliphatic imine (C=N–C) groups is 1. The number of nitriles is 1. The maximum Gasteiger partial charge on any atom is 0.283 e. The van der Waals surface area contributed by atoms with Crippen molar-refractivity contribution in [3.63, 3.8) is 0 Å². The van der Waals surface area contributed by atoms with Crippen LogP contribution >= 0.6 is 23.1 Å². The average molecular weight is 452 g/mol. The second-order valence-corrected chi connectivity index (χ2v) is 9.15. The van der Waals surface area contributed by atoms with E-state index in [0.29, 0.717) is 26.7 Å². The van der Waals surface area contributed by atoms with Gasteiger partial charge in [-0.25, -0.2) is 9.98 Å². The molecule has 156 valence electrons. The summed E-state index contributed by atoms with van der Waals surface area (Å²) >= 11 is 2.55. The van der Waals surface area contributed by atoms with Gasteiger partial charge >= 0.3 is 0 Å². The van der Waals surface area contributed by atoms with Gasteiger partial charge in [-0.15, -0.1) is 11.3 Å². The van der Waals surface area contributed by atoms with E-state index in [-0.39, 0.29) is 16.4 Å². The average Bonchev–Trinajstić information content (AvgIpc) is 3.09. The lowest BCUT2D eigenvalue weighted by atomic mass is 9.96. The lowest BCUT2D eigenvalue weighted by molar-refractivity contribution is -0.387. The molecule has 0 fully saturated rings. The molecule has 0 aliphatic heterocycles. The topological polar surface area (TPSA) is 125 Å². The minimum atomic E-state index is -0.474. The highest BCUT2D eigenvalue weighted by Gasteiger charge is 2.20. The molecule has 0 spiro atoms. The lowest BCUT2D eigenvalue weighted by Gasteiger charge is -2.09. The van der Waals surface area contributed by atoms with Gasteiger partial charge in [0.2, 0.25) is 0 Å². The van der Waals surface area contributed by atoms with Crippen molar-refractivity contribution in [3.8, 4) is 6.07 Å². The van der Waals surface area contributed by atoms with Crippen LogP contribution in [0.1, 0.15) is 40.1 Å². The Morgan fingerprint density at radius 2 is 2.16 bits per heavy atom. The van der Waals surface area contributed by atoms with Crippen molar-refractivity contribution < 1.29 is 4.92 Å². The van der Waals surface area contributed by atoms with Crippen LogP contribution < -0.4 is 5.56 Å². The fourth-order valence-electron chi connectivity index (χ4n) is 3.44. The molecule has 0 radical (unpaired) electrons. The van der Waals surface area contributed by atoms with E-state index in [1.807, 2.05) is 0 Å². The van der Waals surface area contributed by atoms with E-state index in [4.69, 9.17) is 0 Å². The Hall–Kier alpha value is -3.29. The molecule has 0 saturated carbocycles. The number of hydrogen-bond acceptors (Lipinski definition) is 8. The molecular formula is C21H17N5O3S2. The SMILES string of the molecule is Cc1cc(=O)[nH]c(Sc2ccc(C=Nc3sc4c(c3C#N)CCCC4)cc2[N+](=O)[O-])n1. The molecule has 10 heteroatoms. The third kappa shape index (κ3) is 4.57. The number of thiophene rings is 1. The van der Waals surface area contributed by atoms with Crippen molar-refractivity contribution >= 4 is 40.0 Å². The summed E-state index contributed by atoms with van der Waals surface area (Å²) in [6.07, 6.45) is 5.61. The van der Waals surface area contributed by atoms with Crippen LogP contribution in [0.15, 0.2) is 44.1 Å². The Labute approximate surface area is 185 Å². The molecule has 3 aromatic rings. The summed E-state index contributed by atoms with van der Waals surface area (Å²) in [5.41, 5.74) is 2.38. The zero-order valence-corrected chi connectivity index (χ0v) is 18.2. The van der Waals surface area contributed by atoms with Crippen LogP contribution in [0.3, 0.4) is 0 Å². The summed E-state index contributed by atoms with van der Waals surface area (Å²) < 4.78 is 0. The number of nitro benzene ring substituents is 1. The van der Waals surface area contributed by atoms with Gasteiger partial charge in [-0.3, -0.25) is 14.9 Å². The highest BCUT2D eigenvalue weighted by molar-refractivity contribution is 7.99. The van der Waals surface area contributed by atoms with Gasteiger partial charge in [0.1, 0.15) is 11.1 Å². The van der Waals surface area contributed by atoms with Gasteiger partial charge in [0.25, 0.3) is 11.2 Å². The largest absolute Gasteiger partial charge is 0.301 e. The minimum absolute atomic E-state index is 0.107. The predicted octanol–water partition coefficient (Wildman–Crippen LogP) is 4.70. The molecule has 0 saturated heterocycles. The van der Waals surface area contributed by atoms with Crippen LogP contribution in [0.2, 0.25) is 0 Å². The van der Waals surface area contributed by atoms with Crippen molar-refractivity contribution in [2.75, 3.05) is 0 Å². The number of aromatic amines is 1. The van der Waals surface area contributed by atoms with Gasteiger partial charge < -0.3 is 4.98 Å². The monoisotopic (exact) mass is 451 g/mol. The molecule has 0 atom stereocenters. The summed E-state index contributed by atoms with van der Waals surface area (Å²) in [4.78, 5) is 35.6. The molecule has 1 aliphatic carbocycles. The van der Waals surface area contributed by atoms with Crippen molar-refractivity contribution in [2.45, 2.75) is 42.7 Å². The molecule has 1 aliphatic rings. The molecular weight excluding hydrogens is 434 g/mol.